The number of benzene rings is 1. The average molecular weight is 263 g/mol. The van der Waals surface area contributed by atoms with E-state index in [4.69, 9.17) is 9.47 Å². The van der Waals surface area contributed by atoms with Crippen LogP contribution >= 0.6 is 0 Å². The van der Waals surface area contributed by atoms with Gasteiger partial charge in [-0.05, 0) is 37.8 Å². The van der Waals surface area contributed by atoms with E-state index in [1.807, 2.05) is 18.2 Å². The van der Waals surface area contributed by atoms with Gasteiger partial charge >= 0.3 is 0 Å². The average Bonchev–Trinajstić information content (AvgIpc) is 2.93. The second kappa shape index (κ2) is 7.51. The van der Waals surface area contributed by atoms with Gasteiger partial charge in [-0.15, -0.1) is 0 Å². The van der Waals surface area contributed by atoms with Gasteiger partial charge in [0, 0.05) is 19.7 Å². The molecule has 0 radical (unpaired) electrons. The van der Waals surface area contributed by atoms with E-state index in [1.165, 1.54) is 18.4 Å². The molecule has 1 aromatic carbocycles. The molecule has 1 N–H and O–H groups in total. The molecule has 1 aliphatic heterocycles. The predicted octanol–water partition coefficient (Wildman–Crippen LogP) is 2.92. The zero-order valence-electron chi connectivity index (χ0n) is 12.0. The molecule has 0 aromatic heterocycles. The third-order valence-electron chi connectivity index (χ3n) is 3.61. The van der Waals surface area contributed by atoms with Crippen LogP contribution in [0.25, 0.3) is 0 Å². The molecule has 0 saturated carbocycles. The lowest BCUT2D eigenvalue weighted by atomic mass is 10.2. The Morgan fingerprint density at radius 1 is 1.42 bits per heavy atom. The van der Waals surface area contributed by atoms with Crippen molar-refractivity contribution in [2.45, 2.75) is 45.3 Å². The smallest absolute Gasteiger partial charge is 0.122 e. The molecule has 2 rings (SSSR count). The van der Waals surface area contributed by atoms with Crippen molar-refractivity contribution >= 4 is 0 Å². The van der Waals surface area contributed by atoms with Crippen molar-refractivity contribution in [3.8, 4) is 5.75 Å². The molecule has 0 amide bonds. The molecule has 1 heterocycles. The Morgan fingerprint density at radius 3 is 2.95 bits per heavy atom. The van der Waals surface area contributed by atoms with Gasteiger partial charge in [0.1, 0.15) is 11.9 Å². The first kappa shape index (κ1) is 14.4. The first-order valence-electron chi connectivity index (χ1n) is 7.34. The first-order valence-corrected chi connectivity index (χ1v) is 7.34. The lowest BCUT2D eigenvalue weighted by Gasteiger charge is -2.20. The fourth-order valence-corrected chi connectivity index (χ4v) is 2.35. The summed E-state index contributed by atoms with van der Waals surface area (Å²) in [5.74, 6) is 0.994. The van der Waals surface area contributed by atoms with Crippen LogP contribution in [0.2, 0.25) is 0 Å². The first-order chi connectivity index (χ1) is 9.29. The molecule has 0 spiro atoms. The van der Waals surface area contributed by atoms with E-state index < -0.39 is 0 Å². The molecule has 1 fully saturated rings. The Bertz CT molecular complexity index is 375. The minimum Gasteiger partial charge on any atom is -0.489 e. The third-order valence-corrected chi connectivity index (χ3v) is 3.61. The van der Waals surface area contributed by atoms with Crippen LogP contribution in [0.3, 0.4) is 0 Å². The van der Waals surface area contributed by atoms with Crippen molar-refractivity contribution in [2.24, 2.45) is 0 Å². The second-order valence-corrected chi connectivity index (χ2v) is 5.21. The Morgan fingerprint density at radius 2 is 2.26 bits per heavy atom. The maximum atomic E-state index is 6.06. The van der Waals surface area contributed by atoms with Crippen molar-refractivity contribution in [1.82, 2.24) is 5.32 Å². The van der Waals surface area contributed by atoms with Crippen LogP contribution in [-0.4, -0.2) is 31.9 Å². The summed E-state index contributed by atoms with van der Waals surface area (Å²) in [7, 11) is 0. The molecule has 1 aromatic rings. The summed E-state index contributed by atoms with van der Waals surface area (Å²) in [5.41, 5.74) is 1.19. The van der Waals surface area contributed by atoms with Crippen LogP contribution in [0, 0.1) is 6.92 Å². The summed E-state index contributed by atoms with van der Waals surface area (Å²) >= 11 is 0. The Hall–Kier alpha value is -1.06. The van der Waals surface area contributed by atoms with Crippen molar-refractivity contribution in [3.63, 3.8) is 0 Å². The predicted molar refractivity (Wildman–Crippen MR) is 77.7 cm³/mol. The highest BCUT2D eigenvalue weighted by atomic mass is 16.5. The van der Waals surface area contributed by atoms with E-state index in [0.717, 1.165) is 31.9 Å². The number of nitrogens with one attached hydrogen (secondary N) is 1. The van der Waals surface area contributed by atoms with E-state index in [-0.39, 0.29) is 6.10 Å². The standard InChI is InChI=1S/C16H25NO2/c1-3-14(11-17-12-15-8-6-10-18-15)19-16-9-5-4-7-13(16)2/h4-5,7,9,14-15,17H,3,6,8,10-12H2,1-2H3. The van der Waals surface area contributed by atoms with Gasteiger partial charge in [0.25, 0.3) is 0 Å². The molecule has 106 valence electrons. The van der Waals surface area contributed by atoms with E-state index in [9.17, 15) is 0 Å². The molecule has 0 bridgehead atoms. The van der Waals surface area contributed by atoms with E-state index in [0.29, 0.717) is 6.10 Å². The summed E-state index contributed by atoms with van der Waals surface area (Å²) in [6.45, 7) is 6.99. The molecule has 1 saturated heterocycles. The minimum atomic E-state index is 0.225. The Labute approximate surface area is 116 Å². The molecule has 3 heteroatoms. The fraction of sp³-hybridized carbons (Fsp3) is 0.625. The number of para-hydroxylation sites is 1. The maximum Gasteiger partial charge on any atom is 0.122 e. The zero-order valence-corrected chi connectivity index (χ0v) is 12.0. The third kappa shape index (κ3) is 4.51. The number of hydrogen-bond donors (Lipinski definition) is 1. The monoisotopic (exact) mass is 263 g/mol. The Kier molecular flexibility index (Phi) is 5.67. The molecular weight excluding hydrogens is 238 g/mol. The van der Waals surface area contributed by atoms with Crippen LogP contribution in [0.5, 0.6) is 5.75 Å². The molecule has 2 unspecified atom stereocenters. The van der Waals surface area contributed by atoms with Crippen LogP contribution in [0.4, 0.5) is 0 Å². The van der Waals surface area contributed by atoms with E-state index >= 15 is 0 Å². The summed E-state index contributed by atoms with van der Waals surface area (Å²) in [5, 5.41) is 3.47. The van der Waals surface area contributed by atoms with Gasteiger partial charge in [0.15, 0.2) is 0 Å². The summed E-state index contributed by atoms with van der Waals surface area (Å²) in [6.07, 6.45) is 4.01. The van der Waals surface area contributed by atoms with Gasteiger partial charge in [0.05, 0.1) is 6.10 Å². The fourth-order valence-electron chi connectivity index (χ4n) is 2.35. The lowest BCUT2D eigenvalue weighted by Crippen LogP contribution is -2.35. The van der Waals surface area contributed by atoms with Gasteiger partial charge in [0.2, 0.25) is 0 Å². The molecule has 1 aliphatic rings. The molecule has 19 heavy (non-hydrogen) atoms. The largest absolute Gasteiger partial charge is 0.489 e. The summed E-state index contributed by atoms with van der Waals surface area (Å²) in [4.78, 5) is 0. The topological polar surface area (TPSA) is 30.5 Å². The van der Waals surface area contributed by atoms with E-state index in [1.54, 1.807) is 0 Å². The van der Waals surface area contributed by atoms with Crippen molar-refractivity contribution in [1.29, 1.82) is 0 Å². The highest BCUT2D eigenvalue weighted by Crippen LogP contribution is 2.18. The van der Waals surface area contributed by atoms with Crippen LogP contribution in [0.1, 0.15) is 31.7 Å². The van der Waals surface area contributed by atoms with Gasteiger partial charge in [-0.3, -0.25) is 0 Å². The second-order valence-electron chi connectivity index (χ2n) is 5.21. The number of aryl methyl sites for hydroxylation is 1. The maximum absolute atomic E-state index is 6.06. The number of hydrogen-bond acceptors (Lipinski definition) is 3. The van der Waals surface area contributed by atoms with E-state index in [2.05, 4.69) is 25.2 Å². The minimum absolute atomic E-state index is 0.225. The normalized spacial score (nSPS) is 20.4. The van der Waals surface area contributed by atoms with Crippen molar-refractivity contribution in [2.75, 3.05) is 19.7 Å². The highest BCUT2D eigenvalue weighted by molar-refractivity contribution is 5.31. The lowest BCUT2D eigenvalue weighted by molar-refractivity contribution is 0.105. The van der Waals surface area contributed by atoms with Gasteiger partial charge in [-0.2, -0.15) is 0 Å². The Balaban J connectivity index is 1.75. The zero-order chi connectivity index (χ0) is 13.5. The van der Waals surface area contributed by atoms with Crippen LogP contribution in [0.15, 0.2) is 24.3 Å². The van der Waals surface area contributed by atoms with Gasteiger partial charge < -0.3 is 14.8 Å². The quantitative estimate of drug-likeness (QED) is 0.820. The summed E-state index contributed by atoms with van der Waals surface area (Å²) < 4.78 is 11.7. The molecule has 2 atom stereocenters. The van der Waals surface area contributed by atoms with Gasteiger partial charge in [-0.25, -0.2) is 0 Å². The molecule has 3 nitrogen and oxygen atoms in total. The van der Waals surface area contributed by atoms with Gasteiger partial charge in [-0.1, -0.05) is 25.1 Å². The van der Waals surface area contributed by atoms with Crippen molar-refractivity contribution in [3.05, 3.63) is 29.8 Å². The summed E-state index contributed by atoms with van der Waals surface area (Å²) in [6, 6.07) is 8.19. The SMILES string of the molecule is CCC(CNCC1CCCO1)Oc1ccccc1C. The molecular formula is C16H25NO2. The molecule has 0 aliphatic carbocycles. The highest BCUT2D eigenvalue weighted by Gasteiger charge is 2.16. The van der Waals surface area contributed by atoms with Crippen molar-refractivity contribution < 1.29 is 9.47 Å². The van der Waals surface area contributed by atoms with Crippen LogP contribution in [-0.2, 0) is 4.74 Å². The number of rotatable bonds is 7. The number of ether oxygens (including phenoxy) is 2. The van der Waals surface area contributed by atoms with Crippen LogP contribution < -0.4 is 10.1 Å².